The molecule has 2 rings (SSSR count). The van der Waals surface area contributed by atoms with Gasteiger partial charge in [-0.3, -0.25) is 9.69 Å². The zero-order chi connectivity index (χ0) is 14.9. The average Bonchev–Trinajstić information content (AvgIpc) is 2.44. The molecule has 20 heavy (non-hydrogen) atoms. The van der Waals surface area contributed by atoms with Gasteiger partial charge in [-0.1, -0.05) is 6.92 Å². The molecule has 1 aromatic heterocycles. The molecule has 0 N–H and O–H groups in total. The maximum absolute atomic E-state index is 12.7. The molecule has 0 aliphatic carbocycles. The number of hydrogen-bond donors (Lipinski definition) is 0. The highest BCUT2D eigenvalue weighted by molar-refractivity contribution is 5.95. The Hall–Kier alpha value is -1.49. The van der Waals surface area contributed by atoms with E-state index in [1.165, 1.54) is 0 Å². The van der Waals surface area contributed by atoms with E-state index in [4.69, 9.17) is 0 Å². The van der Waals surface area contributed by atoms with Gasteiger partial charge in [0.05, 0.1) is 17.0 Å². The first-order valence-corrected chi connectivity index (χ1v) is 7.28. The van der Waals surface area contributed by atoms with Crippen molar-refractivity contribution in [1.29, 1.82) is 0 Å². The van der Waals surface area contributed by atoms with Gasteiger partial charge < -0.3 is 4.90 Å². The van der Waals surface area contributed by atoms with E-state index in [2.05, 4.69) is 36.0 Å². The zero-order valence-electron chi connectivity index (χ0n) is 13.1. The van der Waals surface area contributed by atoms with Crippen LogP contribution in [0.5, 0.6) is 0 Å². The standard InChI is InChI=1S/C15H24N4O/c1-6-13-7-14(12(4)16-17-13)15(20)19-8-10(2)18(5)11(3)9-19/h7,10-11H,6,8-9H2,1-5H3/t10-,11+. The van der Waals surface area contributed by atoms with Crippen LogP contribution in [0.4, 0.5) is 0 Å². The Kier molecular flexibility index (Phi) is 4.38. The Balaban J connectivity index is 2.23. The highest BCUT2D eigenvalue weighted by Crippen LogP contribution is 2.17. The number of carbonyl (C=O) groups is 1. The second-order valence-electron chi connectivity index (χ2n) is 5.76. The molecule has 2 atom stereocenters. The number of nitrogens with zero attached hydrogens (tertiary/aromatic N) is 4. The molecule has 0 bridgehead atoms. The van der Waals surface area contributed by atoms with Gasteiger partial charge in [-0.2, -0.15) is 10.2 Å². The molecule has 1 amide bonds. The Morgan fingerprint density at radius 3 is 2.45 bits per heavy atom. The Morgan fingerprint density at radius 2 is 1.90 bits per heavy atom. The third-order valence-electron chi connectivity index (χ3n) is 4.27. The molecule has 2 heterocycles. The van der Waals surface area contributed by atoms with Crippen molar-refractivity contribution in [3.63, 3.8) is 0 Å². The molecular formula is C15H24N4O. The van der Waals surface area contributed by atoms with Crippen LogP contribution >= 0.6 is 0 Å². The van der Waals surface area contributed by atoms with Gasteiger partial charge in [0.25, 0.3) is 5.91 Å². The molecule has 5 heteroatoms. The fourth-order valence-corrected chi connectivity index (χ4v) is 2.62. The molecule has 110 valence electrons. The van der Waals surface area contributed by atoms with Gasteiger partial charge in [0, 0.05) is 25.2 Å². The molecule has 0 saturated carbocycles. The quantitative estimate of drug-likeness (QED) is 0.821. The van der Waals surface area contributed by atoms with Crippen LogP contribution in [-0.4, -0.2) is 58.1 Å². The second-order valence-corrected chi connectivity index (χ2v) is 5.76. The fourth-order valence-electron chi connectivity index (χ4n) is 2.62. The lowest BCUT2D eigenvalue weighted by molar-refractivity contribution is 0.0413. The monoisotopic (exact) mass is 276 g/mol. The summed E-state index contributed by atoms with van der Waals surface area (Å²) in [6.45, 7) is 9.72. The molecule has 1 aromatic rings. The van der Waals surface area contributed by atoms with Crippen molar-refractivity contribution in [1.82, 2.24) is 20.0 Å². The third-order valence-corrected chi connectivity index (χ3v) is 4.27. The van der Waals surface area contributed by atoms with E-state index in [1.54, 1.807) is 0 Å². The Morgan fingerprint density at radius 1 is 1.30 bits per heavy atom. The molecule has 0 aromatic carbocycles. The van der Waals surface area contributed by atoms with E-state index in [-0.39, 0.29) is 5.91 Å². The maximum Gasteiger partial charge on any atom is 0.255 e. The lowest BCUT2D eigenvalue weighted by atomic mass is 10.1. The number of likely N-dealkylation sites (N-methyl/N-ethyl adjacent to an activating group) is 1. The molecule has 0 radical (unpaired) electrons. The molecule has 1 aliphatic heterocycles. The van der Waals surface area contributed by atoms with E-state index in [0.29, 0.717) is 23.3 Å². The van der Waals surface area contributed by atoms with Crippen molar-refractivity contribution in [3.8, 4) is 0 Å². The molecule has 1 aliphatic rings. The summed E-state index contributed by atoms with van der Waals surface area (Å²) < 4.78 is 0. The normalized spacial score (nSPS) is 23.9. The highest BCUT2D eigenvalue weighted by Gasteiger charge is 2.30. The number of hydrogen-bond acceptors (Lipinski definition) is 4. The van der Waals surface area contributed by atoms with Gasteiger partial charge in [-0.15, -0.1) is 0 Å². The lowest BCUT2D eigenvalue weighted by Crippen LogP contribution is -2.56. The van der Waals surface area contributed by atoms with Crippen molar-refractivity contribution in [2.75, 3.05) is 20.1 Å². The Bertz CT molecular complexity index is 491. The molecule has 0 unspecified atom stereocenters. The number of aryl methyl sites for hydroxylation is 2. The number of rotatable bonds is 2. The van der Waals surface area contributed by atoms with Crippen molar-refractivity contribution >= 4 is 5.91 Å². The highest BCUT2D eigenvalue weighted by atomic mass is 16.2. The van der Waals surface area contributed by atoms with E-state index < -0.39 is 0 Å². The first kappa shape index (κ1) is 14.9. The lowest BCUT2D eigenvalue weighted by Gasteiger charge is -2.42. The van der Waals surface area contributed by atoms with Crippen LogP contribution in [0.15, 0.2) is 6.07 Å². The summed E-state index contributed by atoms with van der Waals surface area (Å²) in [6.07, 6.45) is 0.795. The van der Waals surface area contributed by atoms with Crippen LogP contribution in [0.2, 0.25) is 0 Å². The van der Waals surface area contributed by atoms with Crippen LogP contribution in [0.1, 0.15) is 42.5 Å². The SMILES string of the molecule is CCc1cc(C(=O)N2C[C@@H](C)N(C)[C@@H](C)C2)c(C)nn1. The van der Waals surface area contributed by atoms with E-state index in [1.807, 2.05) is 24.8 Å². The summed E-state index contributed by atoms with van der Waals surface area (Å²) in [4.78, 5) is 17.0. The third kappa shape index (κ3) is 2.82. The minimum atomic E-state index is 0.0823. The molecule has 1 saturated heterocycles. The van der Waals surface area contributed by atoms with E-state index in [0.717, 1.165) is 25.2 Å². The second kappa shape index (κ2) is 5.87. The van der Waals surface area contributed by atoms with Crippen LogP contribution in [0.25, 0.3) is 0 Å². The Labute approximate surface area is 121 Å². The van der Waals surface area contributed by atoms with Crippen molar-refractivity contribution < 1.29 is 4.79 Å². The molecule has 5 nitrogen and oxygen atoms in total. The predicted molar refractivity (Wildman–Crippen MR) is 78.7 cm³/mol. The van der Waals surface area contributed by atoms with Crippen LogP contribution in [0.3, 0.4) is 0 Å². The van der Waals surface area contributed by atoms with Gasteiger partial charge in [0.2, 0.25) is 0 Å². The number of aromatic nitrogens is 2. The topological polar surface area (TPSA) is 49.3 Å². The van der Waals surface area contributed by atoms with Crippen LogP contribution in [-0.2, 0) is 6.42 Å². The summed E-state index contributed by atoms with van der Waals surface area (Å²) >= 11 is 0. The largest absolute Gasteiger partial charge is 0.335 e. The van der Waals surface area contributed by atoms with Crippen LogP contribution < -0.4 is 0 Å². The van der Waals surface area contributed by atoms with Gasteiger partial charge in [0.15, 0.2) is 0 Å². The molecular weight excluding hydrogens is 252 g/mol. The first-order valence-electron chi connectivity index (χ1n) is 7.28. The van der Waals surface area contributed by atoms with Gasteiger partial charge in [0.1, 0.15) is 0 Å². The van der Waals surface area contributed by atoms with Crippen molar-refractivity contribution in [2.24, 2.45) is 0 Å². The van der Waals surface area contributed by atoms with E-state index >= 15 is 0 Å². The summed E-state index contributed by atoms with van der Waals surface area (Å²) in [5, 5.41) is 8.21. The summed E-state index contributed by atoms with van der Waals surface area (Å²) in [5.74, 6) is 0.0823. The van der Waals surface area contributed by atoms with Gasteiger partial charge in [-0.25, -0.2) is 0 Å². The number of amides is 1. The minimum absolute atomic E-state index is 0.0823. The van der Waals surface area contributed by atoms with Crippen molar-refractivity contribution in [3.05, 3.63) is 23.0 Å². The fraction of sp³-hybridized carbons (Fsp3) is 0.667. The van der Waals surface area contributed by atoms with Gasteiger partial charge in [-0.05, 0) is 40.3 Å². The summed E-state index contributed by atoms with van der Waals surface area (Å²) in [6, 6.07) is 2.64. The number of carbonyl (C=O) groups excluding carboxylic acids is 1. The smallest absolute Gasteiger partial charge is 0.255 e. The average molecular weight is 276 g/mol. The van der Waals surface area contributed by atoms with E-state index in [9.17, 15) is 4.79 Å². The summed E-state index contributed by atoms with van der Waals surface area (Å²) in [5.41, 5.74) is 2.28. The van der Waals surface area contributed by atoms with Gasteiger partial charge >= 0.3 is 0 Å². The zero-order valence-corrected chi connectivity index (χ0v) is 13.1. The van der Waals surface area contributed by atoms with Crippen LogP contribution in [0, 0.1) is 6.92 Å². The maximum atomic E-state index is 12.7. The van der Waals surface area contributed by atoms with Crippen molar-refractivity contribution in [2.45, 2.75) is 46.2 Å². The number of piperazine rings is 1. The predicted octanol–water partition coefficient (Wildman–Crippen LogP) is 1.51. The summed E-state index contributed by atoms with van der Waals surface area (Å²) in [7, 11) is 2.12. The molecule has 0 spiro atoms. The first-order chi connectivity index (χ1) is 9.43. The molecule has 1 fully saturated rings. The minimum Gasteiger partial charge on any atom is -0.335 e.